The van der Waals surface area contributed by atoms with Crippen LogP contribution in [0, 0.1) is 0 Å². The molecular weight excluding hydrogens is 390 g/mol. The summed E-state index contributed by atoms with van der Waals surface area (Å²) in [6.45, 7) is 0.288. The first-order valence-corrected chi connectivity index (χ1v) is 9.88. The van der Waals surface area contributed by atoms with Crippen LogP contribution in [0.15, 0.2) is 103 Å². The summed E-state index contributed by atoms with van der Waals surface area (Å²) in [5.74, 6) is -0.793. The Morgan fingerprint density at radius 2 is 1.06 bits per heavy atom. The van der Waals surface area contributed by atoms with Crippen molar-refractivity contribution in [2.45, 2.75) is 6.42 Å². The highest BCUT2D eigenvalue weighted by atomic mass is 16.2. The lowest BCUT2D eigenvalue weighted by molar-refractivity contribution is 0.0946. The monoisotopic (exact) mass is 413 g/mol. The zero-order chi connectivity index (χ0) is 21.9. The van der Waals surface area contributed by atoms with Crippen LogP contribution in [0.5, 0.6) is 0 Å². The van der Waals surface area contributed by atoms with Crippen LogP contribution in [-0.4, -0.2) is 24.3 Å². The largest absolute Gasteiger partial charge is 0.352 e. The number of carbonyl (C=O) groups excluding carboxylic acids is 3. The van der Waals surface area contributed by atoms with E-state index in [1.807, 2.05) is 18.2 Å². The van der Waals surface area contributed by atoms with Crippen LogP contribution in [-0.2, 0) is 0 Å². The Hall–Kier alpha value is -4.19. The van der Waals surface area contributed by atoms with E-state index in [9.17, 15) is 14.4 Å². The minimum atomic E-state index is -0.296. The van der Waals surface area contributed by atoms with Gasteiger partial charge < -0.3 is 16.0 Å². The highest BCUT2D eigenvalue weighted by Crippen LogP contribution is 2.04. The van der Waals surface area contributed by atoms with Crippen molar-refractivity contribution in [3.63, 3.8) is 0 Å². The van der Waals surface area contributed by atoms with Crippen LogP contribution < -0.4 is 16.0 Å². The molecular formula is C25H23N3O3. The van der Waals surface area contributed by atoms with Crippen molar-refractivity contribution >= 4 is 17.7 Å². The summed E-state index contributed by atoms with van der Waals surface area (Å²) in [4.78, 5) is 37.1. The van der Waals surface area contributed by atoms with Crippen molar-refractivity contribution in [1.29, 1.82) is 0 Å². The van der Waals surface area contributed by atoms with Crippen LogP contribution in [0.25, 0.3) is 0 Å². The van der Waals surface area contributed by atoms with E-state index in [2.05, 4.69) is 16.0 Å². The van der Waals surface area contributed by atoms with Gasteiger partial charge in [-0.3, -0.25) is 14.4 Å². The first-order chi connectivity index (χ1) is 15.1. The third-order valence-electron chi connectivity index (χ3n) is 4.44. The Kier molecular flexibility index (Phi) is 7.71. The third-order valence-corrected chi connectivity index (χ3v) is 4.44. The zero-order valence-electron chi connectivity index (χ0n) is 16.9. The van der Waals surface area contributed by atoms with Gasteiger partial charge in [-0.2, -0.15) is 0 Å². The SMILES string of the molecule is O=C(N/C=C(/CCNC(=O)c1ccccc1)NC(=O)c1ccccc1)c1ccccc1. The minimum Gasteiger partial charge on any atom is -0.352 e. The molecule has 0 fully saturated rings. The van der Waals surface area contributed by atoms with Crippen LogP contribution in [0.2, 0.25) is 0 Å². The van der Waals surface area contributed by atoms with Gasteiger partial charge in [0.15, 0.2) is 0 Å². The Balaban J connectivity index is 1.65. The summed E-state index contributed by atoms with van der Waals surface area (Å²) in [5, 5.41) is 8.33. The van der Waals surface area contributed by atoms with E-state index in [0.29, 0.717) is 28.8 Å². The molecule has 0 saturated heterocycles. The molecule has 3 rings (SSSR count). The zero-order valence-corrected chi connectivity index (χ0v) is 16.9. The lowest BCUT2D eigenvalue weighted by atomic mass is 10.2. The van der Waals surface area contributed by atoms with Crippen LogP contribution in [0.3, 0.4) is 0 Å². The standard InChI is InChI=1S/C25H23N3O3/c29-23(19-10-4-1-5-11-19)26-17-16-22(28-25(31)21-14-8-3-9-15-21)18-27-24(30)20-12-6-2-7-13-20/h1-15,18H,16-17H2,(H,26,29)(H,27,30)(H,28,31)/b22-18-. The molecule has 0 aliphatic rings. The maximum atomic E-state index is 12.5. The summed E-state index contributed by atoms with van der Waals surface area (Å²) < 4.78 is 0. The van der Waals surface area contributed by atoms with Crippen molar-refractivity contribution in [3.05, 3.63) is 120 Å². The van der Waals surface area contributed by atoms with E-state index < -0.39 is 0 Å². The topological polar surface area (TPSA) is 87.3 Å². The first-order valence-electron chi connectivity index (χ1n) is 9.88. The lowest BCUT2D eigenvalue weighted by Crippen LogP contribution is -2.30. The van der Waals surface area contributed by atoms with E-state index in [0.717, 1.165) is 0 Å². The molecule has 3 aromatic rings. The number of benzene rings is 3. The minimum absolute atomic E-state index is 0.206. The van der Waals surface area contributed by atoms with Crippen molar-refractivity contribution in [2.75, 3.05) is 6.54 Å². The van der Waals surface area contributed by atoms with Gasteiger partial charge in [0.2, 0.25) is 0 Å². The second-order valence-corrected chi connectivity index (χ2v) is 6.70. The molecule has 0 radical (unpaired) electrons. The van der Waals surface area contributed by atoms with Crippen molar-refractivity contribution < 1.29 is 14.4 Å². The highest BCUT2D eigenvalue weighted by molar-refractivity contribution is 5.96. The van der Waals surface area contributed by atoms with Crippen LogP contribution in [0.1, 0.15) is 37.5 Å². The molecule has 156 valence electrons. The van der Waals surface area contributed by atoms with E-state index in [-0.39, 0.29) is 24.3 Å². The molecule has 0 spiro atoms. The number of rotatable bonds is 8. The van der Waals surface area contributed by atoms with Crippen LogP contribution in [0.4, 0.5) is 0 Å². The number of carbonyl (C=O) groups is 3. The smallest absolute Gasteiger partial charge is 0.255 e. The normalized spacial score (nSPS) is 10.8. The molecule has 31 heavy (non-hydrogen) atoms. The molecule has 0 bridgehead atoms. The molecule has 0 atom stereocenters. The Bertz CT molecular complexity index is 1050. The van der Waals surface area contributed by atoms with E-state index in [1.165, 1.54) is 6.20 Å². The van der Waals surface area contributed by atoms with Gasteiger partial charge >= 0.3 is 0 Å². The Labute approximate surface area is 181 Å². The molecule has 0 unspecified atom stereocenters. The van der Waals surface area contributed by atoms with Crippen molar-refractivity contribution in [1.82, 2.24) is 16.0 Å². The van der Waals surface area contributed by atoms with E-state index >= 15 is 0 Å². The highest BCUT2D eigenvalue weighted by Gasteiger charge is 2.10. The number of nitrogens with one attached hydrogen (secondary N) is 3. The molecule has 0 aliphatic carbocycles. The molecule has 0 aromatic heterocycles. The summed E-state index contributed by atoms with van der Waals surface area (Å²) in [7, 11) is 0. The third kappa shape index (κ3) is 6.68. The molecule has 3 aromatic carbocycles. The Morgan fingerprint density at radius 1 is 0.613 bits per heavy atom. The lowest BCUT2D eigenvalue weighted by Gasteiger charge is -2.12. The number of hydrogen-bond donors (Lipinski definition) is 3. The summed E-state index contributed by atoms with van der Waals surface area (Å²) in [6, 6.07) is 26.4. The maximum Gasteiger partial charge on any atom is 0.255 e. The second kappa shape index (κ2) is 11.1. The van der Waals surface area contributed by atoms with E-state index in [1.54, 1.807) is 72.8 Å². The van der Waals surface area contributed by atoms with Gasteiger partial charge in [-0.25, -0.2) is 0 Å². The first kappa shape index (κ1) is 21.5. The van der Waals surface area contributed by atoms with Gasteiger partial charge in [0.25, 0.3) is 17.7 Å². The second-order valence-electron chi connectivity index (χ2n) is 6.70. The van der Waals surface area contributed by atoms with Crippen molar-refractivity contribution in [2.24, 2.45) is 0 Å². The Morgan fingerprint density at radius 3 is 1.58 bits per heavy atom. The molecule has 0 heterocycles. The number of amides is 3. The summed E-state index contributed by atoms with van der Waals surface area (Å²) >= 11 is 0. The molecule has 3 N–H and O–H groups in total. The molecule has 6 heteroatoms. The fourth-order valence-corrected chi connectivity index (χ4v) is 2.81. The fraction of sp³-hybridized carbons (Fsp3) is 0.0800. The van der Waals surface area contributed by atoms with Gasteiger partial charge in [0, 0.05) is 41.6 Å². The molecule has 6 nitrogen and oxygen atoms in total. The predicted octanol–water partition coefficient (Wildman–Crippen LogP) is 3.51. The number of hydrogen-bond acceptors (Lipinski definition) is 3. The quantitative estimate of drug-likeness (QED) is 0.528. The van der Waals surface area contributed by atoms with Gasteiger partial charge in [-0.05, 0) is 36.4 Å². The van der Waals surface area contributed by atoms with Gasteiger partial charge in [0.05, 0.1) is 0 Å². The van der Waals surface area contributed by atoms with Crippen LogP contribution >= 0.6 is 0 Å². The van der Waals surface area contributed by atoms with Crippen molar-refractivity contribution in [3.8, 4) is 0 Å². The molecule has 0 aliphatic heterocycles. The van der Waals surface area contributed by atoms with Gasteiger partial charge in [-0.15, -0.1) is 0 Å². The average Bonchev–Trinajstić information content (AvgIpc) is 2.83. The summed E-state index contributed by atoms with van der Waals surface area (Å²) in [5.41, 5.74) is 2.03. The fourth-order valence-electron chi connectivity index (χ4n) is 2.81. The molecule has 0 saturated carbocycles. The maximum absolute atomic E-state index is 12.5. The summed E-state index contributed by atoms with van der Waals surface area (Å²) in [6.07, 6.45) is 1.79. The van der Waals surface area contributed by atoms with Gasteiger partial charge in [-0.1, -0.05) is 54.6 Å². The average molecular weight is 413 g/mol. The van der Waals surface area contributed by atoms with E-state index in [4.69, 9.17) is 0 Å². The molecule has 3 amide bonds. The van der Waals surface area contributed by atoms with Gasteiger partial charge in [0.1, 0.15) is 0 Å². The predicted molar refractivity (Wildman–Crippen MR) is 119 cm³/mol.